The number of carbonyl (C=O) groups is 3. The topological polar surface area (TPSA) is 100 Å². The van der Waals surface area contributed by atoms with Gasteiger partial charge < -0.3 is 9.73 Å². The summed E-state index contributed by atoms with van der Waals surface area (Å²) in [5.41, 5.74) is 4.82. The van der Waals surface area contributed by atoms with E-state index in [9.17, 15) is 14.4 Å². The third-order valence-electron chi connectivity index (χ3n) is 6.53. The van der Waals surface area contributed by atoms with Crippen molar-refractivity contribution >= 4 is 17.7 Å². The molecule has 0 saturated heterocycles. The Morgan fingerprint density at radius 1 is 1.04 bits per heavy atom. The molecule has 1 aromatic heterocycles. The second kappa shape index (κ2) is 6.69. The number of furan rings is 1. The van der Waals surface area contributed by atoms with Crippen LogP contribution in [0.15, 0.2) is 10.5 Å². The lowest BCUT2D eigenvalue weighted by atomic mass is 9.49. The van der Waals surface area contributed by atoms with Gasteiger partial charge in [0.25, 0.3) is 11.8 Å². The van der Waals surface area contributed by atoms with Gasteiger partial charge in [0.05, 0.1) is 12.1 Å². The van der Waals surface area contributed by atoms with Crippen molar-refractivity contribution in [2.24, 2.45) is 23.2 Å². The lowest BCUT2D eigenvalue weighted by molar-refractivity contribution is -0.147. The summed E-state index contributed by atoms with van der Waals surface area (Å²) >= 11 is 0. The molecule has 3 N–H and O–H groups in total. The van der Waals surface area contributed by atoms with Gasteiger partial charge in [-0.3, -0.25) is 25.2 Å². The van der Waals surface area contributed by atoms with Gasteiger partial charge in [0, 0.05) is 5.41 Å². The molecule has 7 nitrogen and oxygen atoms in total. The van der Waals surface area contributed by atoms with Crippen LogP contribution in [0.2, 0.25) is 0 Å². The molecule has 4 fully saturated rings. The molecule has 4 saturated carbocycles. The van der Waals surface area contributed by atoms with E-state index in [1.807, 2.05) is 0 Å². The van der Waals surface area contributed by atoms with Crippen molar-refractivity contribution in [3.63, 3.8) is 0 Å². The van der Waals surface area contributed by atoms with Crippen LogP contribution in [-0.2, 0) is 9.59 Å². The highest BCUT2D eigenvalue weighted by Crippen LogP contribution is 2.60. The molecule has 5 rings (SSSR count). The van der Waals surface area contributed by atoms with Crippen molar-refractivity contribution in [1.29, 1.82) is 0 Å². The van der Waals surface area contributed by atoms with Crippen LogP contribution in [-0.4, -0.2) is 24.3 Å². The Morgan fingerprint density at radius 3 is 2.15 bits per heavy atom. The normalized spacial score (nSPS) is 30.8. The summed E-state index contributed by atoms with van der Waals surface area (Å²) in [6, 6.07) is 1.62. The van der Waals surface area contributed by atoms with Crippen LogP contribution in [0.4, 0.5) is 0 Å². The molecule has 0 unspecified atom stereocenters. The second-order valence-electron chi connectivity index (χ2n) is 8.71. The molecule has 0 aliphatic heterocycles. The Morgan fingerprint density at radius 2 is 1.63 bits per heavy atom. The Balaban J connectivity index is 1.26. The lowest BCUT2D eigenvalue weighted by Gasteiger charge is -2.55. The molecule has 0 radical (unpaired) electrons. The zero-order chi connectivity index (χ0) is 19.2. The smallest absolute Gasteiger partial charge is 0.273 e. The van der Waals surface area contributed by atoms with Gasteiger partial charge in [-0.2, -0.15) is 0 Å². The number of aryl methyl sites for hydroxylation is 2. The number of carbonyl (C=O) groups excluding carboxylic acids is 3. The van der Waals surface area contributed by atoms with Crippen LogP contribution in [0.3, 0.4) is 0 Å². The SMILES string of the molecule is Cc1cc(C(=O)NNC(=O)CNC(=O)C23CC4CC(CC(C4)C2)C3)c(C)o1. The number of nitrogens with one attached hydrogen (secondary N) is 3. The molecule has 146 valence electrons. The quantitative estimate of drug-likeness (QED) is 0.703. The van der Waals surface area contributed by atoms with Crippen molar-refractivity contribution in [2.75, 3.05) is 6.54 Å². The summed E-state index contributed by atoms with van der Waals surface area (Å²) < 4.78 is 5.31. The van der Waals surface area contributed by atoms with Crippen LogP contribution < -0.4 is 16.2 Å². The number of hydrogen-bond donors (Lipinski definition) is 3. The molecule has 3 amide bonds. The highest BCUT2D eigenvalue weighted by Gasteiger charge is 2.54. The maximum atomic E-state index is 12.8. The third-order valence-corrected chi connectivity index (χ3v) is 6.53. The van der Waals surface area contributed by atoms with E-state index in [1.165, 1.54) is 19.3 Å². The first-order chi connectivity index (χ1) is 12.8. The van der Waals surface area contributed by atoms with Crippen molar-refractivity contribution in [1.82, 2.24) is 16.2 Å². The minimum absolute atomic E-state index is 0.00406. The van der Waals surface area contributed by atoms with Gasteiger partial charge in [0.2, 0.25) is 5.91 Å². The molecule has 4 aliphatic carbocycles. The molecule has 0 spiro atoms. The van der Waals surface area contributed by atoms with E-state index in [4.69, 9.17) is 4.42 Å². The van der Waals surface area contributed by atoms with Crippen LogP contribution in [0.5, 0.6) is 0 Å². The summed E-state index contributed by atoms with van der Waals surface area (Å²) in [4.78, 5) is 36.9. The van der Waals surface area contributed by atoms with Crippen LogP contribution in [0.1, 0.15) is 60.4 Å². The molecular weight excluding hydrogens is 346 g/mol. The first-order valence-corrected chi connectivity index (χ1v) is 9.79. The van der Waals surface area contributed by atoms with Gasteiger partial charge in [-0.1, -0.05) is 0 Å². The standard InChI is InChI=1S/C20H27N3O4/c1-11-3-16(12(2)27-11)18(25)23-22-17(24)10-21-19(26)20-7-13-4-14(8-20)6-15(5-13)9-20/h3,13-15H,4-10H2,1-2H3,(H,21,26)(H,22,24)(H,23,25). The third kappa shape index (κ3) is 3.47. The number of hydrazine groups is 1. The average Bonchev–Trinajstić information content (AvgIpc) is 2.94. The van der Waals surface area contributed by atoms with Gasteiger partial charge in [0.1, 0.15) is 11.5 Å². The van der Waals surface area contributed by atoms with Gasteiger partial charge in [-0.25, -0.2) is 0 Å². The van der Waals surface area contributed by atoms with Crippen molar-refractivity contribution in [3.05, 3.63) is 23.2 Å². The Labute approximate surface area is 158 Å². The van der Waals surface area contributed by atoms with Crippen molar-refractivity contribution in [3.8, 4) is 0 Å². The van der Waals surface area contributed by atoms with E-state index in [0.717, 1.165) is 19.3 Å². The number of hydrogen-bond acceptors (Lipinski definition) is 4. The molecule has 4 aliphatic rings. The summed E-state index contributed by atoms with van der Waals surface area (Å²) in [5, 5.41) is 2.80. The molecule has 0 aromatic carbocycles. The zero-order valence-corrected chi connectivity index (χ0v) is 15.9. The van der Waals surface area contributed by atoms with Gasteiger partial charge in [-0.15, -0.1) is 0 Å². The summed E-state index contributed by atoms with van der Waals surface area (Å²) in [6.45, 7) is 3.31. The maximum Gasteiger partial charge on any atom is 0.273 e. The predicted octanol–water partition coefficient (Wildman–Crippen LogP) is 1.99. The predicted molar refractivity (Wildman–Crippen MR) is 97.4 cm³/mol. The number of amides is 3. The summed E-state index contributed by atoms with van der Waals surface area (Å²) in [7, 11) is 0. The van der Waals surface area contributed by atoms with Crippen molar-refractivity contribution in [2.45, 2.75) is 52.4 Å². The lowest BCUT2D eigenvalue weighted by Crippen LogP contribution is -2.55. The summed E-state index contributed by atoms with van der Waals surface area (Å²) in [5.74, 6) is 2.28. The Kier molecular flexibility index (Phi) is 4.48. The van der Waals surface area contributed by atoms with E-state index in [-0.39, 0.29) is 17.9 Å². The molecule has 7 heteroatoms. The zero-order valence-electron chi connectivity index (χ0n) is 15.9. The second-order valence-corrected chi connectivity index (χ2v) is 8.71. The highest BCUT2D eigenvalue weighted by molar-refractivity contribution is 5.96. The van der Waals surface area contributed by atoms with E-state index in [1.54, 1.807) is 19.9 Å². The fourth-order valence-electron chi connectivity index (χ4n) is 5.83. The first-order valence-electron chi connectivity index (χ1n) is 9.79. The fraction of sp³-hybridized carbons (Fsp3) is 0.650. The molecule has 1 heterocycles. The Hall–Kier alpha value is -2.31. The average molecular weight is 373 g/mol. The largest absolute Gasteiger partial charge is 0.466 e. The molecule has 1 aromatic rings. The summed E-state index contributed by atoms with van der Waals surface area (Å²) in [6.07, 6.45) is 6.69. The van der Waals surface area contributed by atoms with Crippen LogP contribution >= 0.6 is 0 Å². The minimum Gasteiger partial charge on any atom is -0.466 e. The molecule has 4 bridgehead atoms. The van der Waals surface area contributed by atoms with Gasteiger partial charge in [-0.05, 0) is 76.2 Å². The molecular formula is C20H27N3O4. The Bertz CT molecular complexity index is 747. The van der Waals surface area contributed by atoms with E-state index >= 15 is 0 Å². The van der Waals surface area contributed by atoms with Gasteiger partial charge >= 0.3 is 0 Å². The maximum absolute atomic E-state index is 12.8. The van der Waals surface area contributed by atoms with Crippen molar-refractivity contribution < 1.29 is 18.8 Å². The monoisotopic (exact) mass is 373 g/mol. The van der Waals surface area contributed by atoms with Crippen LogP contribution in [0, 0.1) is 37.0 Å². The minimum atomic E-state index is -0.445. The van der Waals surface area contributed by atoms with Gasteiger partial charge in [0.15, 0.2) is 0 Å². The highest BCUT2D eigenvalue weighted by atomic mass is 16.3. The van der Waals surface area contributed by atoms with E-state index in [2.05, 4.69) is 16.2 Å². The van der Waals surface area contributed by atoms with Crippen LogP contribution in [0.25, 0.3) is 0 Å². The molecule has 27 heavy (non-hydrogen) atoms. The van der Waals surface area contributed by atoms with E-state index < -0.39 is 11.8 Å². The number of rotatable bonds is 4. The molecule has 0 atom stereocenters. The first kappa shape index (κ1) is 18.1. The fourth-order valence-corrected chi connectivity index (χ4v) is 5.83. The van der Waals surface area contributed by atoms with E-state index in [0.29, 0.717) is 34.8 Å².